The van der Waals surface area contributed by atoms with Crippen LogP contribution < -0.4 is 10.6 Å². The van der Waals surface area contributed by atoms with Crippen molar-refractivity contribution in [3.63, 3.8) is 0 Å². The number of alkyl halides is 3. The highest BCUT2D eigenvalue weighted by atomic mass is 35.5. The highest BCUT2D eigenvalue weighted by Crippen LogP contribution is 2.34. The number of aromatic nitrogens is 4. The second kappa shape index (κ2) is 8.51. The number of fused-ring (bicyclic) bond motifs is 1. The maximum absolute atomic E-state index is 13.3. The number of rotatable bonds is 5. The van der Waals surface area contributed by atoms with E-state index < -0.39 is 11.7 Å². The minimum absolute atomic E-state index is 0.00256. The second-order valence-corrected chi connectivity index (χ2v) is 9.93. The topological polar surface area (TPSA) is 67.7 Å². The number of anilines is 2. The van der Waals surface area contributed by atoms with Gasteiger partial charge in [-0.2, -0.15) is 13.2 Å². The third-order valence-corrected chi connectivity index (χ3v) is 5.53. The summed E-state index contributed by atoms with van der Waals surface area (Å²) >= 11 is 5.96. The number of nitrogens with zero attached hydrogens (tertiary/aromatic N) is 4. The molecule has 172 valence electrons. The highest BCUT2D eigenvalue weighted by molar-refractivity contribution is 6.31. The lowest BCUT2D eigenvalue weighted by atomic mass is 9.92. The largest absolute Gasteiger partial charge is 0.416 e. The van der Waals surface area contributed by atoms with E-state index in [4.69, 9.17) is 16.6 Å². The smallest absolute Gasteiger partial charge is 0.325 e. The van der Waals surface area contributed by atoms with Crippen LogP contribution in [0.25, 0.3) is 11.2 Å². The molecule has 2 N–H and O–H groups in total. The van der Waals surface area contributed by atoms with E-state index >= 15 is 0 Å². The maximum atomic E-state index is 13.3. The van der Waals surface area contributed by atoms with Gasteiger partial charge in [0.05, 0.1) is 11.8 Å². The van der Waals surface area contributed by atoms with Gasteiger partial charge in [-0.05, 0) is 49.0 Å². The fourth-order valence-electron chi connectivity index (χ4n) is 3.86. The molecule has 3 aromatic rings. The Hall–Kier alpha value is -2.39. The van der Waals surface area contributed by atoms with Crippen molar-refractivity contribution < 1.29 is 13.2 Å². The van der Waals surface area contributed by atoms with Crippen LogP contribution in [0.1, 0.15) is 38.6 Å². The van der Waals surface area contributed by atoms with Gasteiger partial charge in [-0.15, -0.1) is 0 Å². The standard InChI is InChI=1S/C22H26ClF3N6/c1-21(2,3)9-18-28-11-17-19(31-18)32(12-13-4-5-27-10-13)20(30-17)29-16-7-14(22(24,25)26)6-15(23)8-16/h6-8,11,13,27H,4-5,9-10,12H2,1-3H3,(H,29,30). The predicted octanol–water partition coefficient (Wildman–Crippen LogP) is 5.44. The molecule has 0 radical (unpaired) electrons. The van der Waals surface area contributed by atoms with Gasteiger partial charge in [0.15, 0.2) is 5.65 Å². The molecule has 1 aliphatic rings. The summed E-state index contributed by atoms with van der Waals surface area (Å²) in [5.41, 5.74) is 0.682. The normalized spacial score (nSPS) is 17.3. The molecule has 1 saturated heterocycles. The molecule has 3 heterocycles. The number of nitrogens with one attached hydrogen (secondary N) is 2. The molecule has 32 heavy (non-hydrogen) atoms. The lowest BCUT2D eigenvalue weighted by Gasteiger charge is -2.17. The molecule has 1 aliphatic heterocycles. The highest BCUT2D eigenvalue weighted by Gasteiger charge is 2.31. The summed E-state index contributed by atoms with van der Waals surface area (Å²) < 4.78 is 41.7. The first-order valence-electron chi connectivity index (χ1n) is 10.6. The quantitative estimate of drug-likeness (QED) is 0.524. The molecule has 0 amide bonds. The van der Waals surface area contributed by atoms with Crippen LogP contribution in [0.5, 0.6) is 0 Å². The SMILES string of the molecule is CC(C)(C)Cc1ncc2nc(Nc3cc(Cl)cc(C(F)(F)F)c3)n(CC3CCNC3)c2n1. The summed E-state index contributed by atoms with van der Waals surface area (Å²) in [4.78, 5) is 13.8. The van der Waals surface area contributed by atoms with Crippen molar-refractivity contribution in [3.05, 3.63) is 40.8 Å². The first-order valence-corrected chi connectivity index (χ1v) is 10.9. The molecule has 10 heteroatoms. The Morgan fingerprint density at radius 3 is 2.62 bits per heavy atom. The van der Waals surface area contributed by atoms with Crippen LogP contribution in [0.3, 0.4) is 0 Å². The second-order valence-electron chi connectivity index (χ2n) is 9.49. The summed E-state index contributed by atoms with van der Waals surface area (Å²) in [6.45, 7) is 8.80. The third kappa shape index (κ3) is 5.32. The minimum Gasteiger partial charge on any atom is -0.325 e. The van der Waals surface area contributed by atoms with Crippen molar-refractivity contribution in [3.8, 4) is 0 Å². The Morgan fingerprint density at radius 2 is 1.97 bits per heavy atom. The van der Waals surface area contributed by atoms with E-state index in [0.717, 1.165) is 31.6 Å². The summed E-state index contributed by atoms with van der Waals surface area (Å²) in [5.74, 6) is 1.51. The Balaban J connectivity index is 1.75. The fraction of sp³-hybridized carbons (Fsp3) is 0.500. The van der Waals surface area contributed by atoms with Gasteiger partial charge in [-0.1, -0.05) is 32.4 Å². The third-order valence-electron chi connectivity index (χ3n) is 5.31. The average Bonchev–Trinajstić information content (AvgIpc) is 3.28. The van der Waals surface area contributed by atoms with Crippen molar-refractivity contribution in [2.45, 2.75) is 46.3 Å². The lowest BCUT2D eigenvalue weighted by Crippen LogP contribution is -2.17. The Morgan fingerprint density at radius 1 is 1.19 bits per heavy atom. The molecule has 1 atom stereocenters. The van der Waals surface area contributed by atoms with E-state index in [1.54, 1.807) is 6.20 Å². The van der Waals surface area contributed by atoms with Gasteiger partial charge in [0.2, 0.25) is 5.95 Å². The van der Waals surface area contributed by atoms with Crippen molar-refractivity contribution in [1.82, 2.24) is 24.8 Å². The zero-order valence-electron chi connectivity index (χ0n) is 18.2. The molecule has 0 aliphatic carbocycles. The van der Waals surface area contributed by atoms with Crippen LogP contribution >= 0.6 is 11.6 Å². The van der Waals surface area contributed by atoms with E-state index in [1.807, 2.05) is 4.57 Å². The Bertz CT molecular complexity index is 1110. The van der Waals surface area contributed by atoms with Gasteiger partial charge in [0.1, 0.15) is 11.3 Å². The van der Waals surface area contributed by atoms with E-state index in [0.29, 0.717) is 41.8 Å². The van der Waals surface area contributed by atoms with Crippen LogP contribution in [-0.2, 0) is 19.1 Å². The van der Waals surface area contributed by atoms with Gasteiger partial charge >= 0.3 is 6.18 Å². The summed E-state index contributed by atoms with van der Waals surface area (Å²) in [5, 5.41) is 6.38. The van der Waals surface area contributed by atoms with Crippen molar-refractivity contribution in [2.24, 2.45) is 11.3 Å². The van der Waals surface area contributed by atoms with Crippen molar-refractivity contribution >= 4 is 34.4 Å². The molecule has 1 fully saturated rings. The molecule has 1 aromatic carbocycles. The molecule has 0 bridgehead atoms. The number of benzene rings is 1. The number of hydrogen-bond acceptors (Lipinski definition) is 5. The van der Waals surface area contributed by atoms with Gasteiger partial charge in [-0.3, -0.25) is 4.57 Å². The fourth-order valence-corrected chi connectivity index (χ4v) is 4.10. The molecule has 6 nitrogen and oxygen atoms in total. The van der Waals surface area contributed by atoms with Crippen LogP contribution in [-0.4, -0.2) is 32.6 Å². The number of hydrogen-bond donors (Lipinski definition) is 2. The van der Waals surface area contributed by atoms with Crippen LogP contribution in [0.2, 0.25) is 5.02 Å². The first kappa shape index (κ1) is 22.8. The Kier molecular flexibility index (Phi) is 6.06. The van der Waals surface area contributed by atoms with Gasteiger partial charge < -0.3 is 10.6 Å². The van der Waals surface area contributed by atoms with Crippen LogP contribution in [0.4, 0.5) is 24.8 Å². The lowest BCUT2D eigenvalue weighted by molar-refractivity contribution is -0.137. The number of imidazole rings is 1. The van der Waals surface area contributed by atoms with Gasteiger partial charge in [0.25, 0.3) is 0 Å². The maximum Gasteiger partial charge on any atom is 0.416 e. The van der Waals surface area contributed by atoms with E-state index in [1.165, 1.54) is 6.07 Å². The summed E-state index contributed by atoms with van der Waals surface area (Å²) in [6.07, 6.45) is -1.11. The molecule has 0 spiro atoms. The molecule has 4 rings (SSSR count). The van der Waals surface area contributed by atoms with Crippen LogP contribution in [0.15, 0.2) is 24.4 Å². The molecule has 1 unspecified atom stereocenters. The molecular formula is C22H26ClF3N6. The zero-order chi connectivity index (χ0) is 23.1. The summed E-state index contributed by atoms with van der Waals surface area (Å²) in [6, 6.07) is 3.39. The molecule has 0 saturated carbocycles. The Labute approximate surface area is 189 Å². The summed E-state index contributed by atoms with van der Waals surface area (Å²) in [7, 11) is 0. The van der Waals surface area contributed by atoms with Crippen molar-refractivity contribution in [2.75, 3.05) is 18.4 Å². The van der Waals surface area contributed by atoms with Gasteiger partial charge in [-0.25, -0.2) is 15.0 Å². The molecule has 2 aromatic heterocycles. The van der Waals surface area contributed by atoms with E-state index in [-0.39, 0.29) is 16.1 Å². The van der Waals surface area contributed by atoms with E-state index in [9.17, 15) is 13.2 Å². The van der Waals surface area contributed by atoms with Gasteiger partial charge in [0, 0.05) is 23.7 Å². The van der Waals surface area contributed by atoms with E-state index in [2.05, 4.69) is 41.4 Å². The predicted molar refractivity (Wildman–Crippen MR) is 119 cm³/mol. The number of halogens is 4. The average molecular weight is 467 g/mol. The monoisotopic (exact) mass is 466 g/mol. The molecular weight excluding hydrogens is 441 g/mol. The first-order chi connectivity index (χ1) is 15.0. The van der Waals surface area contributed by atoms with Crippen LogP contribution in [0, 0.1) is 11.3 Å². The van der Waals surface area contributed by atoms with Crippen molar-refractivity contribution in [1.29, 1.82) is 0 Å². The minimum atomic E-state index is -4.50. The zero-order valence-corrected chi connectivity index (χ0v) is 19.0.